The molecule has 0 fully saturated rings. The lowest BCUT2D eigenvalue weighted by atomic mass is 9.98. The molecule has 1 atom stereocenters. The number of hydrogen-bond donors (Lipinski definition) is 1. The van der Waals surface area contributed by atoms with E-state index in [-0.39, 0.29) is 0 Å². The van der Waals surface area contributed by atoms with Gasteiger partial charge in [-0.3, -0.25) is 0 Å². The number of nitrogens with one attached hydrogen (secondary N) is 1. The summed E-state index contributed by atoms with van der Waals surface area (Å²) in [4.78, 5) is 0. The van der Waals surface area contributed by atoms with Gasteiger partial charge in [-0.25, -0.2) is 0 Å². The van der Waals surface area contributed by atoms with Crippen LogP contribution in [-0.4, -0.2) is 6.04 Å². The van der Waals surface area contributed by atoms with Crippen LogP contribution in [0.15, 0.2) is 11.3 Å². The first-order valence-corrected chi connectivity index (χ1v) is 4.63. The summed E-state index contributed by atoms with van der Waals surface area (Å²) in [7, 11) is 0. The molecule has 1 aliphatic heterocycles. The van der Waals surface area contributed by atoms with Crippen LogP contribution in [-0.2, 0) is 0 Å². The fraction of sp³-hybridized carbons (Fsp3) is 0.800. The summed E-state index contributed by atoms with van der Waals surface area (Å²) in [5.41, 5.74) is 3.13. The second kappa shape index (κ2) is 3.29. The monoisotopic (exact) mass is 153 g/mol. The maximum absolute atomic E-state index is 3.51. The van der Waals surface area contributed by atoms with Crippen LogP contribution in [0.25, 0.3) is 0 Å². The Morgan fingerprint density at radius 3 is 2.55 bits per heavy atom. The minimum Gasteiger partial charge on any atom is -0.386 e. The molecule has 1 heteroatoms. The van der Waals surface area contributed by atoms with Crippen molar-refractivity contribution in [3.05, 3.63) is 11.3 Å². The predicted octanol–water partition coefficient (Wildman–Crippen LogP) is 2.69. The fourth-order valence-corrected chi connectivity index (χ4v) is 1.81. The highest BCUT2D eigenvalue weighted by atomic mass is 14.9. The van der Waals surface area contributed by atoms with Crippen LogP contribution in [0.2, 0.25) is 0 Å². The third-order valence-electron chi connectivity index (χ3n) is 2.38. The molecule has 0 radical (unpaired) electrons. The molecule has 0 aromatic heterocycles. The van der Waals surface area contributed by atoms with Crippen molar-refractivity contribution in [2.75, 3.05) is 0 Å². The van der Waals surface area contributed by atoms with E-state index in [0.29, 0.717) is 6.04 Å². The molecule has 0 aromatic rings. The van der Waals surface area contributed by atoms with Gasteiger partial charge in [0, 0.05) is 11.7 Å². The number of hydrogen-bond acceptors (Lipinski definition) is 1. The standard InChI is InChI=1S/C10H19N/c1-5-10-9(7(2)3)6-8(4)11-10/h7-8,11H,5-6H2,1-4H3. The highest BCUT2D eigenvalue weighted by Crippen LogP contribution is 2.26. The summed E-state index contributed by atoms with van der Waals surface area (Å²) in [6, 6.07) is 0.669. The van der Waals surface area contributed by atoms with Crippen LogP contribution >= 0.6 is 0 Å². The van der Waals surface area contributed by atoms with E-state index in [1.807, 2.05) is 0 Å². The molecule has 1 heterocycles. The molecule has 64 valence electrons. The van der Waals surface area contributed by atoms with E-state index in [1.165, 1.54) is 12.1 Å². The van der Waals surface area contributed by atoms with Crippen LogP contribution < -0.4 is 5.32 Å². The Labute approximate surface area is 69.9 Å². The smallest absolute Gasteiger partial charge is 0.0267 e. The Hall–Kier alpha value is -0.460. The fourth-order valence-electron chi connectivity index (χ4n) is 1.81. The summed E-state index contributed by atoms with van der Waals surface area (Å²) in [5.74, 6) is 0.724. The Balaban J connectivity index is 2.71. The molecular weight excluding hydrogens is 134 g/mol. The van der Waals surface area contributed by atoms with Gasteiger partial charge in [0.05, 0.1) is 0 Å². The zero-order valence-corrected chi connectivity index (χ0v) is 8.07. The van der Waals surface area contributed by atoms with Gasteiger partial charge in [0.2, 0.25) is 0 Å². The van der Waals surface area contributed by atoms with Crippen LogP contribution in [0.5, 0.6) is 0 Å². The van der Waals surface area contributed by atoms with Crippen molar-refractivity contribution in [3.8, 4) is 0 Å². The van der Waals surface area contributed by atoms with E-state index in [4.69, 9.17) is 0 Å². The van der Waals surface area contributed by atoms with E-state index < -0.39 is 0 Å². The van der Waals surface area contributed by atoms with Crippen molar-refractivity contribution >= 4 is 0 Å². The molecule has 1 rings (SSSR count). The van der Waals surface area contributed by atoms with Gasteiger partial charge in [0.15, 0.2) is 0 Å². The van der Waals surface area contributed by atoms with Gasteiger partial charge in [-0.2, -0.15) is 0 Å². The second-order valence-corrected chi connectivity index (χ2v) is 3.76. The van der Waals surface area contributed by atoms with Crippen LogP contribution in [0.1, 0.15) is 40.5 Å². The highest BCUT2D eigenvalue weighted by molar-refractivity contribution is 5.21. The van der Waals surface area contributed by atoms with E-state index in [0.717, 1.165) is 12.3 Å². The third-order valence-corrected chi connectivity index (χ3v) is 2.38. The Morgan fingerprint density at radius 2 is 2.18 bits per heavy atom. The van der Waals surface area contributed by atoms with Crippen molar-refractivity contribution in [1.29, 1.82) is 0 Å². The molecule has 1 unspecified atom stereocenters. The predicted molar refractivity (Wildman–Crippen MR) is 49.4 cm³/mol. The molecule has 0 saturated heterocycles. The summed E-state index contributed by atoms with van der Waals surface area (Å²) in [5, 5.41) is 3.51. The van der Waals surface area contributed by atoms with Crippen molar-refractivity contribution in [2.24, 2.45) is 5.92 Å². The third kappa shape index (κ3) is 1.76. The van der Waals surface area contributed by atoms with Crippen LogP contribution in [0.4, 0.5) is 0 Å². The minimum absolute atomic E-state index is 0.669. The SMILES string of the molecule is CCC1=C(C(C)C)CC(C)N1. The van der Waals surface area contributed by atoms with Gasteiger partial charge >= 0.3 is 0 Å². The van der Waals surface area contributed by atoms with Gasteiger partial charge in [0.1, 0.15) is 0 Å². The van der Waals surface area contributed by atoms with Gasteiger partial charge in [-0.1, -0.05) is 20.8 Å². The Bertz CT molecular complexity index is 168. The van der Waals surface area contributed by atoms with E-state index in [1.54, 1.807) is 5.57 Å². The lowest BCUT2D eigenvalue weighted by Crippen LogP contribution is -2.17. The minimum atomic E-state index is 0.669. The summed E-state index contributed by atoms with van der Waals surface area (Å²) in [6.07, 6.45) is 2.42. The molecule has 0 saturated carbocycles. The summed E-state index contributed by atoms with van der Waals surface area (Å²) >= 11 is 0. The first-order chi connectivity index (χ1) is 5.15. The van der Waals surface area contributed by atoms with Crippen molar-refractivity contribution < 1.29 is 0 Å². The molecule has 1 nitrogen and oxygen atoms in total. The Morgan fingerprint density at radius 1 is 1.55 bits per heavy atom. The topological polar surface area (TPSA) is 12.0 Å². The molecule has 0 amide bonds. The maximum atomic E-state index is 3.51. The average molecular weight is 153 g/mol. The van der Waals surface area contributed by atoms with Gasteiger partial charge in [0.25, 0.3) is 0 Å². The summed E-state index contributed by atoms with van der Waals surface area (Å²) < 4.78 is 0. The van der Waals surface area contributed by atoms with Crippen molar-refractivity contribution in [1.82, 2.24) is 5.32 Å². The highest BCUT2D eigenvalue weighted by Gasteiger charge is 2.20. The molecule has 0 aliphatic carbocycles. The zero-order chi connectivity index (χ0) is 8.43. The summed E-state index contributed by atoms with van der Waals surface area (Å²) in [6.45, 7) is 9.04. The largest absolute Gasteiger partial charge is 0.386 e. The van der Waals surface area contributed by atoms with Crippen molar-refractivity contribution in [3.63, 3.8) is 0 Å². The quantitative estimate of drug-likeness (QED) is 0.643. The maximum Gasteiger partial charge on any atom is 0.0267 e. The Kier molecular flexibility index (Phi) is 2.58. The number of allylic oxidation sites excluding steroid dienone is 1. The van der Waals surface area contributed by atoms with E-state index >= 15 is 0 Å². The molecular formula is C10H19N. The van der Waals surface area contributed by atoms with Gasteiger partial charge < -0.3 is 5.32 Å². The first kappa shape index (κ1) is 8.63. The van der Waals surface area contributed by atoms with E-state index in [9.17, 15) is 0 Å². The lowest BCUT2D eigenvalue weighted by molar-refractivity contribution is 0.639. The van der Waals surface area contributed by atoms with Gasteiger partial charge in [-0.05, 0) is 31.3 Å². The first-order valence-electron chi connectivity index (χ1n) is 4.63. The number of rotatable bonds is 2. The normalized spacial score (nSPS) is 24.6. The molecule has 1 aliphatic rings. The zero-order valence-electron chi connectivity index (χ0n) is 8.07. The van der Waals surface area contributed by atoms with Gasteiger partial charge in [-0.15, -0.1) is 0 Å². The molecule has 0 spiro atoms. The molecule has 0 bridgehead atoms. The lowest BCUT2D eigenvalue weighted by Gasteiger charge is -2.07. The van der Waals surface area contributed by atoms with Crippen molar-refractivity contribution in [2.45, 2.75) is 46.6 Å². The molecule has 0 aromatic carbocycles. The van der Waals surface area contributed by atoms with Crippen LogP contribution in [0, 0.1) is 5.92 Å². The average Bonchev–Trinajstić information content (AvgIpc) is 2.30. The second-order valence-electron chi connectivity index (χ2n) is 3.76. The van der Waals surface area contributed by atoms with E-state index in [2.05, 4.69) is 33.0 Å². The molecule has 11 heavy (non-hydrogen) atoms. The molecule has 1 N–H and O–H groups in total. The van der Waals surface area contributed by atoms with Crippen LogP contribution in [0.3, 0.4) is 0 Å².